The average Bonchev–Trinajstić information content (AvgIpc) is 2.72. The third-order valence-electron chi connectivity index (χ3n) is 6.47. The van der Waals surface area contributed by atoms with Crippen LogP contribution in [-0.4, -0.2) is 67.6 Å². The van der Waals surface area contributed by atoms with E-state index in [0.29, 0.717) is 18.5 Å². The fraction of sp³-hybridized carbons (Fsp3) is 0.480. The maximum Gasteiger partial charge on any atom is 0.278 e. The summed E-state index contributed by atoms with van der Waals surface area (Å²) < 4.78 is 0.812. The number of likely N-dealkylation sites (N-methyl/N-ethyl adjacent to an activating group) is 2. The average molecular weight is 395 g/mol. The highest BCUT2D eigenvalue weighted by Gasteiger charge is 2.43. The maximum atomic E-state index is 13.3. The Hall–Kier alpha value is -2.17. The van der Waals surface area contributed by atoms with Crippen molar-refractivity contribution in [3.8, 4) is 0 Å². The highest BCUT2D eigenvalue weighted by atomic mass is 16.2. The van der Waals surface area contributed by atoms with Crippen LogP contribution in [0.3, 0.4) is 0 Å². The van der Waals surface area contributed by atoms with Gasteiger partial charge in [0.25, 0.3) is 5.91 Å². The fourth-order valence-corrected chi connectivity index (χ4v) is 4.57. The van der Waals surface area contributed by atoms with Gasteiger partial charge in [-0.05, 0) is 44.4 Å². The Morgan fingerprint density at radius 2 is 1.69 bits per heavy atom. The Morgan fingerprint density at radius 3 is 2.31 bits per heavy atom. The van der Waals surface area contributed by atoms with Gasteiger partial charge in [0.15, 0.2) is 6.54 Å². The molecule has 1 heterocycles. The molecule has 156 valence electrons. The molecule has 0 aliphatic carbocycles. The summed E-state index contributed by atoms with van der Waals surface area (Å²) in [5, 5.41) is 3.29. The van der Waals surface area contributed by atoms with E-state index in [1.54, 1.807) is 0 Å². The van der Waals surface area contributed by atoms with Gasteiger partial charge in [-0.3, -0.25) is 4.79 Å². The molecule has 3 rings (SSSR count). The van der Waals surface area contributed by atoms with Gasteiger partial charge in [0.1, 0.15) is 6.54 Å². The molecule has 1 aliphatic rings. The van der Waals surface area contributed by atoms with E-state index in [1.807, 2.05) is 7.05 Å². The monoisotopic (exact) mass is 394 g/mol. The largest absolute Gasteiger partial charge is 0.329 e. The third-order valence-corrected chi connectivity index (χ3v) is 6.47. The molecular formula is C25H36N3O+. The molecule has 1 fully saturated rings. The Balaban J connectivity index is 1.72. The molecule has 0 spiro atoms. The molecule has 2 aromatic carbocycles. The molecule has 0 aromatic heterocycles. The first-order valence-electron chi connectivity index (χ1n) is 10.9. The summed E-state index contributed by atoms with van der Waals surface area (Å²) in [5.41, 5.74) is 2.66. The number of carbonyl (C=O) groups excluding carboxylic acids is 1. The van der Waals surface area contributed by atoms with E-state index in [4.69, 9.17) is 0 Å². The van der Waals surface area contributed by atoms with Gasteiger partial charge in [-0.25, -0.2) is 0 Å². The molecule has 0 saturated carbocycles. The molecule has 2 aromatic rings. The molecule has 3 unspecified atom stereocenters. The quantitative estimate of drug-likeness (QED) is 0.663. The second-order valence-corrected chi connectivity index (χ2v) is 8.75. The van der Waals surface area contributed by atoms with Gasteiger partial charge in [-0.1, -0.05) is 60.7 Å². The maximum absolute atomic E-state index is 13.3. The minimum Gasteiger partial charge on any atom is -0.329 e. The van der Waals surface area contributed by atoms with Crippen molar-refractivity contribution in [2.45, 2.75) is 38.3 Å². The van der Waals surface area contributed by atoms with Crippen molar-refractivity contribution in [1.82, 2.24) is 10.2 Å². The van der Waals surface area contributed by atoms with E-state index < -0.39 is 0 Å². The van der Waals surface area contributed by atoms with Crippen molar-refractivity contribution >= 4 is 5.91 Å². The lowest BCUT2D eigenvalue weighted by atomic mass is 9.98. The number of rotatable bonds is 9. The van der Waals surface area contributed by atoms with Crippen LogP contribution in [-0.2, 0) is 17.6 Å². The Kier molecular flexibility index (Phi) is 7.45. The van der Waals surface area contributed by atoms with Crippen LogP contribution < -0.4 is 5.32 Å². The molecule has 4 nitrogen and oxygen atoms in total. The molecule has 0 bridgehead atoms. The number of hydrogen-bond donors (Lipinski definition) is 1. The summed E-state index contributed by atoms with van der Waals surface area (Å²) in [4.78, 5) is 15.4. The number of quaternary nitrogens is 1. The topological polar surface area (TPSA) is 32.3 Å². The standard InChI is InChI=1S/C25H36N3O/c1-21(18-26-2)28(3)19-24(17-23-13-8-5-9-14-23)27(25(29)20-28)16-10-15-22-11-6-4-7-12-22/h4-9,11-14,21,24,26H,10,15-20H2,1-3H3/q+1. The van der Waals surface area contributed by atoms with E-state index in [9.17, 15) is 4.79 Å². The number of hydrogen-bond acceptors (Lipinski definition) is 2. The second-order valence-electron chi connectivity index (χ2n) is 8.75. The predicted octanol–water partition coefficient (Wildman–Crippen LogP) is 3.13. The first-order chi connectivity index (χ1) is 14.0. The normalized spacial score (nSPS) is 23.2. The third kappa shape index (κ3) is 5.68. The summed E-state index contributed by atoms with van der Waals surface area (Å²) in [6.07, 6.45) is 2.96. The molecule has 1 amide bonds. The van der Waals surface area contributed by atoms with E-state index in [-0.39, 0.29) is 6.04 Å². The van der Waals surface area contributed by atoms with E-state index >= 15 is 0 Å². The summed E-state index contributed by atoms with van der Waals surface area (Å²) in [7, 11) is 4.24. The summed E-state index contributed by atoms with van der Waals surface area (Å²) >= 11 is 0. The van der Waals surface area contributed by atoms with Crippen LogP contribution in [0.4, 0.5) is 0 Å². The van der Waals surface area contributed by atoms with Crippen molar-refractivity contribution in [2.75, 3.05) is 40.3 Å². The first-order valence-corrected chi connectivity index (χ1v) is 10.9. The number of carbonyl (C=O) groups is 1. The van der Waals surface area contributed by atoms with Gasteiger partial charge in [0.05, 0.1) is 19.1 Å². The number of benzene rings is 2. The number of nitrogens with one attached hydrogen (secondary N) is 1. The smallest absolute Gasteiger partial charge is 0.278 e. The van der Waals surface area contributed by atoms with Gasteiger partial charge in [0.2, 0.25) is 0 Å². The Labute approximate surface area is 176 Å². The molecule has 0 radical (unpaired) electrons. The second kappa shape index (κ2) is 10.0. The lowest BCUT2D eigenvalue weighted by Gasteiger charge is -2.49. The van der Waals surface area contributed by atoms with Crippen molar-refractivity contribution in [3.05, 3.63) is 71.8 Å². The van der Waals surface area contributed by atoms with E-state index in [2.05, 4.69) is 84.9 Å². The zero-order valence-corrected chi connectivity index (χ0v) is 18.2. The van der Waals surface area contributed by atoms with Crippen LogP contribution in [0.25, 0.3) is 0 Å². The van der Waals surface area contributed by atoms with Gasteiger partial charge in [-0.15, -0.1) is 0 Å². The van der Waals surface area contributed by atoms with Crippen molar-refractivity contribution < 1.29 is 9.28 Å². The van der Waals surface area contributed by atoms with Crippen LogP contribution in [0, 0.1) is 0 Å². The minimum atomic E-state index is 0.249. The van der Waals surface area contributed by atoms with Crippen LogP contribution in [0.5, 0.6) is 0 Å². The van der Waals surface area contributed by atoms with Crippen molar-refractivity contribution in [2.24, 2.45) is 0 Å². The SMILES string of the molecule is CNCC(C)[N+]1(C)CC(=O)N(CCCc2ccccc2)C(Cc2ccccc2)C1. The van der Waals surface area contributed by atoms with Crippen LogP contribution in [0.15, 0.2) is 60.7 Å². The van der Waals surface area contributed by atoms with Gasteiger partial charge in [-0.2, -0.15) is 0 Å². The number of piperazine rings is 1. The number of nitrogens with zero attached hydrogens (tertiary/aromatic N) is 2. The summed E-state index contributed by atoms with van der Waals surface area (Å²) in [6, 6.07) is 21.9. The number of amides is 1. The summed E-state index contributed by atoms with van der Waals surface area (Å²) in [6.45, 7) is 5.63. The van der Waals surface area contributed by atoms with Crippen LogP contribution >= 0.6 is 0 Å². The fourth-order valence-electron chi connectivity index (χ4n) is 4.57. The lowest BCUT2D eigenvalue weighted by molar-refractivity contribution is -0.928. The highest BCUT2D eigenvalue weighted by Crippen LogP contribution is 2.24. The molecule has 1 saturated heterocycles. The lowest BCUT2D eigenvalue weighted by Crippen LogP contribution is -2.68. The minimum absolute atomic E-state index is 0.249. The van der Waals surface area contributed by atoms with Crippen molar-refractivity contribution in [3.63, 3.8) is 0 Å². The zero-order chi connectivity index (χ0) is 20.7. The Morgan fingerprint density at radius 1 is 1.07 bits per heavy atom. The Bertz CT molecular complexity index is 764. The number of aryl methyl sites for hydroxylation is 1. The van der Waals surface area contributed by atoms with Gasteiger partial charge in [0, 0.05) is 13.1 Å². The van der Waals surface area contributed by atoms with E-state index in [0.717, 1.165) is 43.4 Å². The van der Waals surface area contributed by atoms with Crippen LogP contribution in [0.1, 0.15) is 24.5 Å². The summed E-state index contributed by atoms with van der Waals surface area (Å²) in [5.74, 6) is 0.302. The molecule has 1 aliphatic heterocycles. The van der Waals surface area contributed by atoms with Gasteiger partial charge < -0.3 is 14.7 Å². The van der Waals surface area contributed by atoms with Crippen LogP contribution in [0.2, 0.25) is 0 Å². The molecule has 3 atom stereocenters. The van der Waals surface area contributed by atoms with E-state index in [1.165, 1.54) is 11.1 Å². The molecular weight excluding hydrogens is 358 g/mol. The van der Waals surface area contributed by atoms with Crippen molar-refractivity contribution in [1.29, 1.82) is 0 Å². The zero-order valence-electron chi connectivity index (χ0n) is 18.2. The first kappa shape index (κ1) is 21.5. The molecule has 4 heteroatoms. The molecule has 29 heavy (non-hydrogen) atoms. The highest BCUT2D eigenvalue weighted by molar-refractivity contribution is 5.78. The van der Waals surface area contributed by atoms with Gasteiger partial charge >= 0.3 is 0 Å². The molecule has 1 N–H and O–H groups in total. The predicted molar refractivity (Wildman–Crippen MR) is 120 cm³/mol.